The Bertz CT molecular complexity index is 1490. The van der Waals surface area contributed by atoms with Gasteiger partial charge in [0.15, 0.2) is 0 Å². The van der Waals surface area contributed by atoms with Crippen LogP contribution in [0, 0.1) is 6.92 Å². The molecule has 3 aromatic heterocycles. The Balaban J connectivity index is 1.29. The first kappa shape index (κ1) is 21.5. The summed E-state index contributed by atoms with van der Waals surface area (Å²) >= 11 is 1.41. The van der Waals surface area contributed by atoms with Crippen molar-refractivity contribution in [2.24, 2.45) is 0 Å². The Morgan fingerprint density at radius 1 is 1.03 bits per heavy atom. The summed E-state index contributed by atoms with van der Waals surface area (Å²) in [4.78, 5) is 30.1. The number of pyridine rings is 1. The zero-order chi connectivity index (χ0) is 23.5. The molecule has 5 aromatic rings. The van der Waals surface area contributed by atoms with Crippen molar-refractivity contribution in [3.05, 3.63) is 100 Å². The Morgan fingerprint density at radius 3 is 2.79 bits per heavy atom. The SMILES string of the molecule is Cc1c(-c2cccc(CNC(=O)c3ccc4cnccc4c3)c2)csc1C(=O)Nc1cn[nH]c1. The Kier molecular flexibility index (Phi) is 5.88. The summed E-state index contributed by atoms with van der Waals surface area (Å²) in [7, 11) is 0. The molecule has 0 atom stereocenters. The van der Waals surface area contributed by atoms with Gasteiger partial charge in [-0.2, -0.15) is 5.10 Å². The lowest BCUT2D eigenvalue weighted by molar-refractivity contribution is 0.0950. The van der Waals surface area contributed by atoms with Crippen molar-refractivity contribution in [2.75, 3.05) is 5.32 Å². The molecule has 0 aliphatic carbocycles. The number of carbonyl (C=O) groups is 2. The van der Waals surface area contributed by atoms with Crippen molar-refractivity contribution < 1.29 is 9.59 Å². The van der Waals surface area contributed by atoms with Crippen LogP contribution in [0.15, 0.2) is 78.7 Å². The number of H-pyrrole nitrogens is 1. The van der Waals surface area contributed by atoms with Crippen LogP contribution in [0.25, 0.3) is 21.9 Å². The fraction of sp³-hybridized carbons (Fsp3) is 0.0769. The molecule has 0 saturated heterocycles. The van der Waals surface area contributed by atoms with Crippen LogP contribution in [0.1, 0.15) is 31.2 Å². The number of hydrogen-bond donors (Lipinski definition) is 3. The van der Waals surface area contributed by atoms with Gasteiger partial charge in [0.05, 0.1) is 16.8 Å². The maximum absolute atomic E-state index is 12.7. The van der Waals surface area contributed by atoms with Crippen LogP contribution in [0.4, 0.5) is 5.69 Å². The van der Waals surface area contributed by atoms with E-state index in [1.165, 1.54) is 11.3 Å². The number of fused-ring (bicyclic) bond motifs is 1. The van der Waals surface area contributed by atoms with Crippen LogP contribution in [0.5, 0.6) is 0 Å². The molecule has 34 heavy (non-hydrogen) atoms. The maximum atomic E-state index is 12.7. The minimum atomic E-state index is -0.162. The van der Waals surface area contributed by atoms with Gasteiger partial charge in [0.1, 0.15) is 0 Å². The third-order valence-electron chi connectivity index (χ3n) is 5.60. The second-order valence-electron chi connectivity index (χ2n) is 7.87. The van der Waals surface area contributed by atoms with E-state index in [1.807, 2.05) is 54.8 Å². The highest BCUT2D eigenvalue weighted by Crippen LogP contribution is 2.32. The van der Waals surface area contributed by atoms with Gasteiger partial charge < -0.3 is 10.6 Å². The summed E-state index contributed by atoms with van der Waals surface area (Å²) in [6.07, 6.45) is 6.69. The predicted octanol–water partition coefficient (Wildman–Crippen LogP) is 5.18. The molecule has 8 heteroatoms. The first-order valence-corrected chi connectivity index (χ1v) is 11.6. The summed E-state index contributed by atoms with van der Waals surface area (Å²) in [6.45, 7) is 2.35. The first-order chi connectivity index (χ1) is 16.6. The minimum Gasteiger partial charge on any atom is -0.348 e. The van der Waals surface area contributed by atoms with Crippen molar-refractivity contribution >= 4 is 39.6 Å². The fourth-order valence-corrected chi connectivity index (χ4v) is 4.78. The number of hydrogen-bond acceptors (Lipinski definition) is 5. The van der Waals surface area contributed by atoms with E-state index in [4.69, 9.17) is 0 Å². The third kappa shape index (κ3) is 4.44. The number of aromatic nitrogens is 3. The second kappa shape index (κ2) is 9.29. The van der Waals surface area contributed by atoms with E-state index in [2.05, 4.69) is 25.8 Å². The zero-order valence-corrected chi connectivity index (χ0v) is 19.1. The number of aromatic amines is 1. The quantitative estimate of drug-likeness (QED) is 0.320. The van der Waals surface area contributed by atoms with Crippen LogP contribution >= 0.6 is 11.3 Å². The number of anilines is 1. The lowest BCUT2D eigenvalue weighted by Gasteiger charge is -2.09. The highest BCUT2D eigenvalue weighted by atomic mass is 32.1. The molecule has 0 radical (unpaired) electrons. The summed E-state index contributed by atoms with van der Waals surface area (Å²) in [6, 6.07) is 15.5. The van der Waals surface area contributed by atoms with Gasteiger partial charge >= 0.3 is 0 Å². The van der Waals surface area contributed by atoms with Crippen LogP contribution < -0.4 is 10.6 Å². The van der Waals surface area contributed by atoms with Crippen molar-refractivity contribution in [1.82, 2.24) is 20.5 Å². The number of thiophene rings is 1. The predicted molar refractivity (Wildman–Crippen MR) is 134 cm³/mol. The molecule has 168 valence electrons. The van der Waals surface area contributed by atoms with Gasteiger partial charge in [0, 0.05) is 36.1 Å². The van der Waals surface area contributed by atoms with Gasteiger partial charge in [-0.15, -0.1) is 11.3 Å². The van der Waals surface area contributed by atoms with Crippen LogP contribution in [0.2, 0.25) is 0 Å². The van der Waals surface area contributed by atoms with E-state index in [0.29, 0.717) is 22.7 Å². The first-order valence-electron chi connectivity index (χ1n) is 10.7. The normalized spacial score (nSPS) is 10.9. The van der Waals surface area contributed by atoms with Crippen LogP contribution in [-0.2, 0) is 6.54 Å². The Labute approximate surface area is 199 Å². The molecule has 0 saturated carbocycles. The second-order valence-corrected chi connectivity index (χ2v) is 8.74. The van der Waals surface area contributed by atoms with Crippen LogP contribution in [-0.4, -0.2) is 27.0 Å². The van der Waals surface area contributed by atoms with Crippen molar-refractivity contribution in [3.8, 4) is 11.1 Å². The van der Waals surface area contributed by atoms with Gasteiger partial charge in [0.2, 0.25) is 0 Å². The lowest BCUT2D eigenvalue weighted by Crippen LogP contribution is -2.22. The molecule has 2 amide bonds. The maximum Gasteiger partial charge on any atom is 0.266 e. The van der Waals surface area contributed by atoms with Gasteiger partial charge in [-0.25, -0.2) is 0 Å². The smallest absolute Gasteiger partial charge is 0.266 e. The topological polar surface area (TPSA) is 99.8 Å². The number of nitrogens with one attached hydrogen (secondary N) is 3. The molecule has 0 fully saturated rings. The number of benzene rings is 2. The van der Waals surface area contributed by atoms with Crippen LogP contribution in [0.3, 0.4) is 0 Å². The molecular weight excluding hydrogens is 446 g/mol. The van der Waals surface area contributed by atoms with Crippen molar-refractivity contribution in [3.63, 3.8) is 0 Å². The van der Waals surface area contributed by atoms with E-state index >= 15 is 0 Å². The van der Waals surface area contributed by atoms with E-state index < -0.39 is 0 Å². The highest BCUT2D eigenvalue weighted by Gasteiger charge is 2.17. The molecule has 5 rings (SSSR count). The highest BCUT2D eigenvalue weighted by molar-refractivity contribution is 7.12. The fourth-order valence-electron chi connectivity index (χ4n) is 3.79. The molecule has 0 unspecified atom stereocenters. The molecule has 3 heterocycles. The average Bonchev–Trinajstić information content (AvgIpc) is 3.52. The average molecular weight is 468 g/mol. The van der Waals surface area contributed by atoms with Crippen molar-refractivity contribution in [1.29, 1.82) is 0 Å². The van der Waals surface area contributed by atoms with E-state index in [9.17, 15) is 9.59 Å². The Morgan fingerprint density at radius 2 is 1.94 bits per heavy atom. The zero-order valence-electron chi connectivity index (χ0n) is 18.3. The van der Waals surface area contributed by atoms with Gasteiger partial charge in [0.25, 0.3) is 11.8 Å². The van der Waals surface area contributed by atoms with Crippen molar-refractivity contribution in [2.45, 2.75) is 13.5 Å². The Hall–Kier alpha value is -4.30. The number of nitrogens with zero attached hydrogens (tertiary/aromatic N) is 2. The standard InChI is InChI=1S/C26H21N5O2S/c1-16-23(15-34-24(16)26(33)31-22-13-29-30-14-22)19-4-2-3-17(9-19)11-28-25(32)20-5-6-21-12-27-8-7-18(21)10-20/h2-10,12-15H,11H2,1H3,(H,28,32)(H,29,30)(H,31,33). The molecule has 0 aliphatic heterocycles. The third-order valence-corrected chi connectivity index (χ3v) is 6.68. The summed E-state index contributed by atoms with van der Waals surface area (Å²) < 4.78 is 0. The molecule has 3 N–H and O–H groups in total. The largest absolute Gasteiger partial charge is 0.348 e. The molecule has 0 bridgehead atoms. The number of amides is 2. The lowest BCUT2D eigenvalue weighted by atomic mass is 10.0. The van der Waals surface area contributed by atoms with E-state index in [1.54, 1.807) is 30.9 Å². The molecular formula is C26H21N5O2S. The monoisotopic (exact) mass is 467 g/mol. The summed E-state index contributed by atoms with van der Waals surface area (Å²) in [5.74, 6) is -0.293. The molecule has 2 aromatic carbocycles. The van der Waals surface area contributed by atoms with E-state index in [0.717, 1.165) is 33.0 Å². The molecule has 7 nitrogen and oxygen atoms in total. The summed E-state index contributed by atoms with van der Waals surface area (Å²) in [5, 5.41) is 16.3. The number of carbonyl (C=O) groups excluding carboxylic acids is 2. The minimum absolute atomic E-state index is 0.131. The molecule has 0 spiro atoms. The summed E-state index contributed by atoms with van der Waals surface area (Å²) in [5.41, 5.74) is 5.13. The van der Waals surface area contributed by atoms with E-state index in [-0.39, 0.29) is 11.8 Å². The van der Waals surface area contributed by atoms with Gasteiger partial charge in [-0.1, -0.05) is 24.3 Å². The molecule has 0 aliphatic rings. The van der Waals surface area contributed by atoms with Gasteiger partial charge in [-0.05, 0) is 64.2 Å². The number of rotatable bonds is 6. The van der Waals surface area contributed by atoms with Gasteiger partial charge in [-0.3, -0.25) is 19.7 Å².